The van der Waals surface area contributed by atoms with Crippen molar-refractivity contribution in [3.63, 3.8) is 0 Å². The van der Waals surface area contributed by atoms with Gasteiger partial charge in [0.25, 0.3) is 0 Å². The lowest BCUT2D eigenvalue weighted by Crippen LogP contribution is -1.97. The van der Waals surface area contributed by atoms with Gasteiger partial charge in [-0.05, 0) is 18.2 Å². The molecular weight excluding hydrogens is 301 g/mol. The number of hydrogen-bond acceptors (Lipinski definition) is 4. The predicted octanol–water partition coefficient (Wildman–Crippen LogP) is 4.30. The monoisotopic (exact) mass is 305 g/mol. The minimum absolute atomic E-state index is 0.0827. The molecule has 0 amide bonds. The number of nitrogens with zero attached hydrogens (tertiary/aromatic N) is 1. The number of thiazole rings is 1. The van der Waals surface area contributed by atoms with Crippen molar-refractivity contribution < 1.29 is 9.90 Å². The van der Waals surface area contributed by atoms with Crippen LogP contribution in [0.2, 0.25) is 10.2 Å². The van der Waals surface area contributed by atoms with E-state index in [9.17, 15) is 4.79 Å². The molecule has 1 N–H and O–H groups in total. The molecular formula is C10H5Cl2NO2S2. The second kappa shape index (κ2) is 5.27. The van der Waals surface area contributed by atoms with Gasteiger partial charge in [-0.25, -0.2) is 9.78 Å². The third kappa shape index (κ3) is 3.13. The molecule has 3 nitrogen and oxygen atoms in total. The average molecular weight is 306 g/mol. The lowest BCUT2D eigenvalue weighted by molar-refractivity contribution is 0.0697. The van der Waals surface area contributed by atoms with Crippen LogP contribution < -0.4 is 0 Å². The van der Waals surface area contributed by atoms with Crippen molar-refractivity contribution in [2.75, 3.05) is 0 Å². The molecule has 0 fully saturated rings. The van der Waals surface area contributed by atoms with E-state index in [1.54, 1.807) is 17.5 Å². The highest BCUT2D eigenvalue weighted by molar-refractivity contribution is 8.01. The maximum Gasteiger partial charge on any atom is 0.337 e. The fraction of sp³-hybridized carbons (Fsp3) is 0. The summed E-state index contributed by atoms with van der Waals surface area (Å²) >= 11 is 14.2. The molecule has 0 aliphatic heterocycles. The van der Waals surface area contributed by atoms with Gasteiger partial charge < -0.3 is 5.11 Å². The van der Waals surface area contributed by atoms with Crippen LogP contribution in [0.4, 0.5) is 0 Å². The molecule has 1 heterocycles. The van der Waals surface area contributed by atoms with Gasteiger partial charge in [0.1, 0.15) is 5.15 Å². The fourth-order valence-electron chi connectivity index (χ4n) is 1.12. The fourth-order valence-corrected chi connectivity index (χ4v) is 3.32. The molecule has 0 atom stereocenters. The molecule has 0 radical (unpaired) electrons. The van der Waals surface area contributed by atoms with Crippen molar-refractivity contribution in [2.24, 2.45) is 0 Å². The summed E-state index contributed by atoms with van der Waals surface area (Å²) in [5, 5.41) is 11.3. The molecule has 0 aliphatic carbocycles. The lowest BCUT2D eigenvalue weighted by Gasteiger charge is -2.02. The Kier molecular flexibility index (Phi) is 3.93. The topological polar surface area (TPSA) is 50.2 Å². The van der Waals surface area contributed by atoms with Crippen molar-refractivity contribution >= 4 is 52.3 Å². The first-order valence-corrected chi connectivity index (χ1v) is 6.83. The largest absolute Gasteiger partial charge is 0.478 e. The SMILES string of the molecule is O=C(O)c1cc(Sc2nc(Cl)cs2)ccc1Cl. The summed E-state index contributed by atoms with van der Waals surface area (Å²) in [5.74, 6) is -1.05. The van der Waals surface area contributed by atoms with Crippen molar-refractivity contribution in [2.45, 2.75) is 9.24 Å². The summed E-state index contributed by atoms with van der Waals surface area (Å²) in [6.45, 7) is 0. The van der Waals surface area contributed by atoms with Gasteiger partial charge in [0.2, 0.25) is 0 Å². The highest BCUT2D eigenvalue weighted by atomic mass is 35.5. The molecule has 0 unspecified atom stereocenters. The third-order valence-corrected chi connectivity index (χ3v) is 4.41. The Hall–Kier alpha value is -0.750. The molecule has 0 spiro atoms. The molecule has 2 rings (SSSR count). The van der Waals surface area contributed by atoms with E-state index in [0.717, 1.165) is 9.24 Å². The number of benzene rings is 1. The molecule has 0 bridgehead atoms. The lowest BCUT2D eigenvalue weighted by atomic mass is 10.2. The summed E-state index contributed by atoms with van der Waals surface area (Å²) in [6, 6.07) is 4.82. The van der Waals surface area contributed by atoms with E-state index in [1.807, 2.05) is 0 Å². The molecule has 0 saturated heterocycles. The summed E-state index contributed by atoms with van der Waals surface area (Å²) in [5.41, 5.74) is 0.0827. The Morgan fingerprint density at radius 2 is 2.18 bits per heavy atom. The minimum Gasteiger partial charge on any atom is -0.478 e. The van der Waals surface area contributed by atoms with Gasteiger partial charge >= 0.3 is 5.97 Å². The number of halogens is 2. The van der Waals surface area contributed by atoms with E-state index in [1.165, 1.54) is 29.2 Å². The zero-order valence-corrected chi connectivity index (χ0v) is 11.3. The van der Waals surface area contributed by atoms with Crippen LogP contribution in [-0.2, 0) is 0 Å². The molecule has 1 aromatic heterocycles. The van der Waals surface area contributed by atoms with Crippen molar-refractivity contribution in [3.05, 3.63) is 39.3 Å². The number of hydrogen-bond donors (Lipinski definition) is 1. The number of carbonyl (C=O) groups is 1. The van der Waals surface area contributed by atoms with Crippen LogP contribution in [0, 0.1) is 0 Å². The number of carboxylic acid groups (broad SMARTS) is 1. The van der Waals surface area contributed by atoms with Crippen molar-refractivity contribution in [1.29, 1.82) is 0 Å². The first kappa shape index (κ1) is 12.7. The molecule has 0 saturated carbocycles. The van der Waals surface area contributed by atoms with Crippen LogP contribution in [-0.4, -0.2) is 16.1 Å². The van der Waals surface area contributed by atoms with Crippen LogP contribution in [0.5, 0.6) is 0 Å². The molecule has 88 valence electrons. The van der Waals surface area contributed by atoms with Crippen molar-refractivity contribution in [1.82, 2.24) is 4.98 Å². The van der Waals surface area contributed by atoms with Gasteiger partial charge in [0.05, 0.1) is 10.6 Å². The van der Waals surface area contributed by atoms with Gasteiger partial charge in [-0.2, -0.15) is 0 Å². The van der Waals surface area contributed by atoms with Gasteiger partial charge in [-0.15, -0.1) is 11.3 Å². The zero-order chi connectivity index (χ0) is 12.4. The maximum absolute atomic E-state index is 10.9. The first-order valence-electron chi connectivity index (χ1n) is 4.38. The van der Waals surface area contributed by atoms with Gasteiger partial charge in [0.15, 0.2) is 4.34 Å². The highest BCUT2D eigenvalue weighted by Crippen LogP contribution is 2.33. The maximum atomic E-state index is 10.9. The smallest absolute Gasteiger partial charge is 0.337 e. The van der Waals surface area contributed by atoms with E-state index >= 15 is 0 Å². The van der Waals surface area contributed by atoms with Crippen LogP contribution in [0.3, 0.4) is 0 Å². The van der Waals surface area contributed by atoms with E-state index in [4.69, 9.17) is 28.3 Å². The quantitative estimate of drug-likeness (QED) is 0.918. The molecule has 2 aromatic rings. The second-order valence-electron chi connectivity index (χ2n) is 2.99. The molecule has 1 aromatic carbocycles. The van der Waals surface area contributed by atoms with Gasteiger partial charge in [0, 0.05) is 10.3 Å². The standard InChI is InChI=1S/C10H5Cl2NO2S2/c11-7-2-1-5(3-6(7)9(14)15)17-10-13-8(12)4-16-10/h1-4H,(H,14,15). The van der Waals surface area contributed by atoms with E-state index in [-0.39, 0.29) is 10.6 Å². The van der Waals surface area contributed by atoms with Gasteiger partial charge in [-0.3, -0.25) is 0 Å². The van der Waals surface area contributed by atoms with E-state index in [0.29, 0.717) is 5.15 Å². The van der Waals surface area contributed by atoms with Crippen LogP contribution in [0.15, 0.2) is 32.8 Å². The Morgan fingerprint density at radius 3 is 2.76 bits per heavy atom. The highest BCUT2D eigenvalue weighted by Gasteiger charge is 2.11. The summed E-state index contributed by atoms with van der Waals surface area (Å²) < 4.78 is 0.758. The number of carboxylic acids is 1. The Bertz CT molecular complexity index is 571. The van der Waals surface area contributed by atoms with Gasteiger partial charge in [-0.1, -0.05) is 35.0 Å². The summed E-state index contributed by atoms with van der Waals surface area (Å²) in [7, 11) is 0. The normalized spacial score (nSPS) is 10.5. The Morgan fingerprint density at radius 1 is 1.41 bits per heavy atom. The molecule has 17 heavy (non-hydrogen) atoms. The third-order valence-electron chi connectivity index (χ3n) is 1.83. The van der Waals surface area contributed by atoms with Crippen molar-refractivity contribution in [3.8, 4) is 0 Å². The zero-order valence-electron chi connectivity index (χ0n) is 8.18. The molecule has 0 aliphatic rings. The summed E-state index contributed by atoms with van der Waals surface area (Å²) in [4.78, 5) is 15.7. The summed E-state index contributed by atoms with van der Waals surface area (Å²) in [6.07, 6.45) is 0. The minimum atomic E-state index is -1.05. The Labute approximate surface area is 115 Å². The number of aromatic nitrogens is 1. The predicted molar refractivity (Wildman–Crippen MR) is 69.7 cm³/mol. The van der Waals surface area contributed by atoms with E-state index in [2.05, 4.69) is 4.98 Å². The molecule has 7 heteroatoms. The van der Waals surface area contributed by atoms with Crippen LogP contribution in [0.1, 0.15) is 10.4 Å². The van der Waals surface area contributed by atoms with E-state index < -0.39 is 5.97 Å². The number of rotatable bonds is 3. The average Bonchev–Trinajstić information content (AvgIpc) is 2.66. The van der Waals surface area contributed by atoms with Crippen LogP contribution >= 0.6 is 46.3 Å². The second-order valence-corrected chi connectivity index (χ2v) is 5.96. The number of aromatic carboxylic acids is 1. The Balaban J connectivity index is 2.28. The van der Waals surface area contributed by atoms with Crippen LogP contribution in [0.25, 0.3) is 0 Å². The first-order chi connectivity index (χ1) is 8.06.